The fraction of sp³-hybridized carbons (Fsp3) is 0.600. The minimum absolute atomic E-state index is 0.234. The van der Waals surface area contributed by atoms with Crippen LogP contribution in [0.3, 0.4) is 0 Å². The van der Waals surface area contributed by atoms with Gasteiger partial charge in [0, 0.05) is 12.6 Å². The molecule has 0 aliphatic rings. The number of rotatable bonds is 11. The maximum Gasteiger partial charge on any atom is 0.121 e. The molecule has 120 valence electrons. The molecule has 0 aromatic heterocycles. The van der Waals surface area contributed by atoms with E-state index in [2.05, 4.69) is 11.6 Å². The van der Waals surface area contributed by atoms with Gasteiger partial charge in [0.1, 0.15) is 18.5 Å². The van der Waals surface area contributed by atoms with Crippen molar-refractivity contribution in [1.82, 2.24) is 5.32 Å². The van der Waals surface area contributed by atoms with E-state index < -0.39 is 6.10 Å². The fourth-order valence-corrected chi connectivity index (χ4v) is 2.54. The molecule has 3 nitrogen and oxygen atoms in total. The van der Waals surface area contributed by atoms with Crippen LogP contribution in [0.1, 0.15) is 19.3 Å². The lowest BCUT2D eigenvalue weighted by Gasteiger charge is -2.13. The fourth-order valence-electron chi connectivity index (χ4n) is 1.76. The van der Waals surface area contributed by atoms with E-state index in [1.807, 2.05) is 11.8 Å². The Hall–Kier alpha value is -0.130. The smallest absolute Gasteiger partial charge is 0.121 e. The average molecular weight is 352 g/mol. The van der Waals surface area contributed by atoms with Gasteiger partial charge in [0.25, 0.3) is 0 Å². The van der Waals surface area contributed by atoms with Crippen LogP contribution >= 0.6 is 35.0 Å². The van der Waals surface area contributed by atoms with Crippen LogP contribution in [0, 0.1) is 0 Å². The van der Waals surface area contributed by atoms with Gasteiger partial charge in [-0.05, 0) is 43.5 Å². The zero-order valence-electron chi connectivity index (χ0n) is 12.3. The molecule has 6 heteroatoms. The number of benzene rings is 1. The summed E-state index contributed by atoms with van der Waals surface area (Å²) in [5.74, 6) is 1.83. The van der Waals surface area contributed by atoms with Gasteiger partial charge in [-0.2, -0.15) is 11.8 Å². The summed E-state index contributed by atoms with van der Waals surface area (Å²) >= 11 is 13.6. The second-order valence-electron chi connectivity index (χ2n) is 4.80. The number of halogens is 2. The van der Waals surface area contributed by atoms with Crippen molar-refractivity contribution in [2.24, 2.45) is 0 Å². The standard InChI is InChI=1S/C15H23Cl2NO2S/c1-21-8-4-2-3-7-18-10-12(19)11-20-13-5-6-14(16)15(17)9-13/h5-6,9,12,18-19H,2-4,7-8,10-11H2,1H3. The number of hydrogen-bond donors (Lipinski definition) is 2. The molecule has 21 heavy (non-hydrogen) atoms. The third kappa shape index (κ3) is 8.79. The Labute approximate surface area is 141 Å². The Morgan fingerprint density at radius 3 is 2.76 bits per heavy atom. The highest BCUT2D eigenvalue weighted by Crippen LogP contribution is 2.26. The average Bonchev–Trinajstić information content (AvgIpc) is 2.47. The molecule has 0 amide bonds. The molecule has 0 radical (unpaired) electrons. The maximum absolute atomic E-state index is 9.83. The molecule has 0 aliphatic heterocycles. The van der Waals surface area contributed by atoms with Gasteiger partial charge in [-0.25, -0.2) is 0 Å². The monoisotopic (exact) mass is 351 g/mol. The topological polar surface area (TPSA) is 41.5 Å². The molecule has 2 N–H and O–H groups in total. The Morgan fingerprint density at radius 2 is 2.05 bits per heavy atom. The first kappa shape index (κ1) is 18.9. The summed E-state index contributed by atoms with van der Waals surface area (Å²) in [6.07, 6.45) is 5.21. The van der Waals surface area contributed by atoms with Crippen LogP contribution in [-0.4, -0.2) is 42.9 Å². The Balaban J connectivity index is 2.08. The summed E-state index contributed by atoms with van der Waals surface area (Å²) in [4.78, 5) is 0. The molecule has 0 heterocycles. The van der Waals surface area contributed by atoms with E-state index in [1.165, 1.54) is 18.6 Å². The van der Waals surface area contributed by atoms with Gasteiger partial charge >= 0.3 is 0 Å². The first-order chi connectivity index (χ1) is 10.1. The molecule has 1 aromatic carbocycles. The van der Waals surface area contributed by atoms with Crippen LogP contribution in [0.4, 0.5) is 0 Å². The van der Waals surface area contributed by atoms with Crippen molar-refractivity contribution in [3.8, 4) is 5.75 Å². The first-order valence-electron chi connectivity index (χ1n) is 7.09. The van der Waals surface area contributed by atoms with Gasteiger partial charge in [-0.15, -0.1) is 0 Å². The van der Waals surface area contributed by atoms with E-state index >= 15 is 0 Å². The van der Waals surface area contributed by atoms with Crippen molar-refractivity contribution >= 4 is 35.0 Å². The summed E-state index contributed by atoms with van der Waals surface area (Å²) in [6, 6.07) is 5.06. The van der Waals surface area contributed by atoms with Gasteiger partial charge in [0.05, 0.1) is 10.0 Å². The molecular formula is C15H23Cl2NO2S. The molecule has 1 atom stereocenters. The van der Waals surface area contributed by atoms with E-state index in [1.54, 1.807) is 18.2 Å². The van der Waals surface area contributed by atoms with Crippen molar-refractivity contribution < 1.29 is 9.84 Å². The van der Waals surface area contributed by atoms with Gasteiger partial charge in [0.2, 0.25) is 0 Å². The first-order valence-corrected chi connectivity index (χ1v) is 9.24. The molecule has 1 rings (SSSR count). The Kier molecular flexibility index (Phi) is 10.3. The van der Waals surface area contributed by atoms with Crippen LogP contribution in [0.15, 0.2) is 18.2 Å². The quantitative estimate of drug-likeness (QED) is 0.594. The van der Waals surface area contributed by atoms with Crippen molar-refractivity contribution in [2.45, 2.75) is 25.4 Å². The van der Waals surface area contributed by atoms with E-state index in [4.69, 9.17) is 27.9 Å². The minimum atomic E-state index is -0.536. The van der Waals surface area contributed by atoms with Crippen LogP contribution in [0.25, 0.3) is 0 Å². The zero-order valence-corrected chi connectivity index (χ0v) is 14.6. The zero-order chi connectivity index (χ0) is 15.5. The van der Waals surface area contributed by atoms with Crippen molar-refractivity contribution in [3.63, 3.8) is 0 Å². The number of aliphatic hydroxyl groups excluding tert-OH is 1. The van der Waals surface area contributed by atoms with Gasteiger partial charge in [-0.3, -0.25) is 0 Å². The molecule has 0 aliphatic carbocycles. The molecular weight excluding hydrogens is 329 g/mol. The van der Waals surface area contributed by atoms with Crippen LogP contribution < -0.4 is 10.1 Å². The summed E-state index contributed by atoms with van der Waals surface area (Å²) in [5, 5.41) is 14.0. The van der Waals surface area contributed by atoms with Gasteiger partial charge in [-0.1, -0.05) is 29.6 Å². The second kappa shape index (κ2) is 11.4. The van der Waals surface area contributed by atoms with Gasteiger partial charge < -0.3 is 15.2 Å². The lowest BCUT2D eigenvalue weighted by molar-refractivity contribution is 0.106. The molecule has 1 aromatic rings. The van der Waals surface area contributed by atoms with E-state index in [0.717, 1.165) is 13.0 Å². The predicted octanol–water partition coefficient (Wildman–Crippen LogP) is 3.86. The molecule has 0 spiro atoms. The normalized spacial score (nSPS) is 12.4. The third-order valence-electron chi connectivity index (χ3n) is 2.92. The van der Waals surface area contributed by atoms with Crippen molar-refractivity contribution in [1.29, 1.82) is 0 Å². The highest BCUT2D eigenvalue weighted by atomic mass is 35.5. The lowest BCUT2D eigenvalue weighted by Crippen LogP contribution is -2.32. The number of ether oxygens (including phenoxy) is 1. The third-order valence-corrected chi connectivity index (χ3v) is 4.35. The highest BCUT2D eigenvalue weighted by molar-refractivity contribution is 7.98. The molecule has 1 unspecified atom stereocenters. The number of thioether (sulfide) groups is 1. The number of unbranched alkanes of at least 4 members (excludes halogenated alkanes) is 2. The summed E-state index contributed by atoms with van der Waals surface area (Å²) in [6.45, 7) is 1.69. The molecule has 0 saturated carbocycles. The van der Waals surface area contributed by atoms with Crippen LogP contribution in [-0.2, 0) is 0 Å². The van der Waals surface area contributed by atoms with Crippen LogP contribution in [0.5, 0.6) is 5.75 Å². The molecule has 0 bridgehead atoms. The SMILES string of the molecule is CSCCCCCNCC(O)COc1ccc(Cl)c(Cl)c1. The number of nitrogens with one attached hydrogen (secondary N) is 1. The minimum Gasteiger partial charge on any atom is -0.491 e. The summed E-state index contributed by atoms with van der Waals surface area (Å²) in [7, 11) is 0. The van der Waals surface area contributed by atoms with E-state index in [9.17, 15) is 5.11 Å². The summed E-state index contributed by atoms with van der Waals surface area (Å²) < 4.78 is 5.48. The Morgan fingerprint density at radius 1 is 1.24 bits per heavy atom. The van der Waals surface area contributed by atoms with Crippen LogP contribution in [0.2, 0.25) is 10.0 Å². The largest absolute Gasteiger partial charge is 0.491 e. The van der Waals surface area contributed by atoms with E-state index in [0.29, 0.717) is 22.3 Å². The predicted molar refractivity (Wildman–Crippen MR) is 93.1 cm³/mol. The maximum atomic E-state index is 9.83. The lowest BCUT2D eigenvalue weighted by atomic mass is 10.2. The van der Waals surface area contributed by atoms with Gasteiger partial charge in [0.15, 0.2) is 0 Å². The second-order valence-corrected chi connectivity index (χ2v) is 6.60. The number of hydrogen-bond acceptors (Lipinski definition) is 4. The highest BCUT2D eigenvalue weighted by Gasteiger charge is 2.06. The number of aliphatic hydroxyl groups is 1. The van der Waals surface area contributed by atoms with E-state index in [-0.39, 0.29) is 6.61 Å². The summed E-state index contributed by atoms with van der Waals surface area (Å²) in [5.41, 5.74) is 0. The van der Waals surface area contributed by atoms with Crippen molar-refractivity contribution in [2.75, 3.05) is 31.7 Å². The molecule has 0 fully saturated rings. The molecule has 0 saturated heterocycles. The van der Waals surface area contributed by atoms with Crippen molar-refractivity contribution in [3.05, 3.63) is 28.2 Å². The Bertz CT molecular complexity index is 407.